The van der Waals surface area contributed by atoms with Gasteiger partial charge in [-0.1, -0.05) is 42.5 Å². The number of rotatable bonds is 8. The number of thiazole rings is 1. The third-order valence-electron chi connectivity index (χ3n) is 3.92. The Labute approximate surface area is 163 Å². The number of aromatic nitrogens is 1. The van der Waals surface area contributed by atoms with E-state index in [9.17, 15) is 4.79 Å². The van der Waals surface area contributed by atoms with E-state index < -0.39 is 0 Å². The second kappa shape index (κ2) is 9.30. The fourth-order valence-corrected chi connectivity index (χ4v) is 3.27. The number of hydrogen-bond acceptors (Lipinski definition) is 5. The third-order valence-corrected chi connectivity index (χ3v) is 4.67. The summed E-state index contributed by atoms with van der Waals surface area (Å²) in [7, 11) is 4.03. The Morgan fingerprint density at radius 2 is 1.85 bits per heavy atom. The first kappa shape index (κ1) is 19.1. The molecule has 0 aliphatic heterocycles. The van der Waals surface area contributed by atoms with Crippen molar-refractivity contribution in [3.05, 3.63) is 65.5 Å². The van der Waals surface area contributed by atoms with Gasteiger partial charge in [0.15, 0.2) is 5.13 Å². The van der Waals surface area contributed by atoms with E-state index in [0.717, 1.165) is 29.1 Å². The van der Waals surface area contributed by atoms with Gasteiger partial charge in [0.05, 0.1) is 12.1 Å². The Bertz CT molecular complexity index is 878. The standard InChI is InChI=1S/C21H23N3O2S/c1-24(2)12-13-26-19-11-7-6-10-17(19)18-15-27-21(22-18)23-20(25)14-16-8-4-3-5-9-16/h3-11,15H,12-14H2,1-2H3,(H,22,23,25). The molecule has 0 saturated carbocycles. The van der Waals surface area contributed by atoms with Crippen molar-refractivity contribution >= 4 is 22.4 Å². The molecule has 3 aromatic rings. The Hall–Kier alpha value is -2.70. The number of nitrogens with zero attached hydrogens (tertiary/aromatic N) is 2. The van der Waals surface area contributed by atoms with Gasteiger partial charge in [-0.25, -0.2) is 4.98 Å². The second-order valence-electron chi connectivity index (χ2n) is 6.40. The maximum Gasteiger partial charge on any atom is 0.230 e. The van der Waals surface area contributed by atoms with Gasteiger partial charge in [-0.15, -0.1) is 11.3 Å². The molecule has 5 nitrogen and oxygen atoms in total. The van der Waals surface area contributed by atoms with E-state index in [1.165, 1.54) is 11.3 Å². The fraction of sp³-hybridized carbons (Fsp3) is 0.238. The van der Waals surface area contributed by atoms with Crippen molar-refractivity contribution in [2.45, 2.75) is 6.42 Å². The summed E-state index contributed by atoms with van der Waals surface area (Å²) in [5.41, 5.74) is 2.71. The van der Waals surface area contributed by atoms with Crippen LogP contribution in [0.4, 0.5) is 5.13 Å². The Morgan fingerprint density at radius 3 is 2.63 bits per heavy atom. The Morgan fingerprint density at radius 1 is 1.11 bits per heavy atom. The molecule has 0 saturated heterocycles. The van der Waals surface area contributed by atoms with Gasteiger partial charge in [0.2, 0.25) is 5.91 Å². The van der Waals surface area contributed by atoms with E-state index in [0.29, 0.717) is 18.2 Å². The van der Waals surface area contributed by atoms with E-state index in [1.54, 1.807) is 0 Å². The molecule has 1 amide bonds. The smallest absolute Gasteiger partial charge is 0.230 e. The number of hydrogen-bond donors (Lipinski definition) is 1. The maximum absolute atomic E-state index is 12.2. The first-order valence-electron chi connectivity index (χ1n) is 8.78. The van der Waals surface area contributed by atoms with Gasteiger partial charge in [-0.05, 0) is 31.8 Å². The lowest BCUT2D eigenvalue weighted by Gasteiger charge is -2.13. The Kier molecular flexibility index (Phi) is 6.57. The monoisotopic (exact) mass is 381 g/mol. The van der Waals surface area contributed by atoms with Gasteiger partial charge in [0, 0.05) is 17.5 Å². The zero-order valence-corrected chi connectivity index (χ0v) is 16.3. The van der Waals surface area contributed by atoms with Crippen LogP contribution in [0.15, 0.2) is 60.0 Å². The molecule has 0 atom stereocenters. The quantitative estimate of drug-likeness (QED) is 0.642. The molecule has 3 rings (SSSR count). The summed E-state index contributed by atoms with van der Waals surface area (Å²) < 4.78 is 5.91. The molecule has 0 radical (unpaired) electrons. The van der Waals surface area contributed by atoms with Crippen LogP contribution in [0.1, 0.15) is 5.56 Å². The molecule has 0 aliphatic carbocycles. The lowest BCUT2D eigenvalue weighted by atomic mass is 10.1. The highest BCUT2D eigenvalue weighted by Crippen LogP contribution is 2.32. The molecule has 1 aromatic heterocycles. The van der Waals surface area contributed by atoms with Crippen LogP contribution < -0.4 is 10.1 Å². The molecular formula is C21H23N3O2S. The summed E-state index contributed by atoms with van der Waals surface area (Å²) in [4.78, 5) is 18.9. The zero-order valence-electron chi connectivity index (χ0n) is 15.5. The van der Waals surface area contributed by atoms with Crippen LogP contribution in [0.2, 0.25) is 0 Å². The fourth-order valence-electron chi connectivity index (χ4n) is 2.54. The highest BCUT2D eigenvalue weighted by Gasteiger charge is 2.12. The van der Waals surface area contributed by atoms with Crippen LogP contribution in [0.3, 0.4) is 0 Å². The van der Waals surface area contributed by atoms with Gasteiger partial charge >= 0.3 is 0 Å². The average Bonchev–Trinajstić information content (AvgIpc) is 3.11. The number of carbonyl (C=O) groups is 1. The van der Waals surface area contributed by atoms with Gasteiger partial charge < -0.3 is 15.0 Å². The second-order valence-corrected chi connectivity index (χ2v) is 7.25. The molecule has 1 heterocycles. The number of carbonyl (C=O) groups excluding carboxylic acids is 1. The van der Waals surface area contributed by atoms with E-state index in [-0.39, 0.29) is 5.91 Å². The summed E-state index contributed by atoms with van der Waals surface area (Å²) in [6, 6.07) is 17.5. The summed E-state index contributed by atoms with van der Waals surface area (Å²) in [6.07, 6.45) is 0.333. The first-order valence-corrected chi connectivity index (χ1v) is 9.66. The molecule has 1 N–H and O–H groups in total. The van der Waals surface area contributed by atoms with E-state index in [1.807, 2.05) is 74.1 Å². The maximum atomic E-state index is 12.2. The molecule has 2 aromatic carbocycles. The van der Waals surface area contributed by atoms with Crippen LogP contribution in [0.5, 0.6) is 5.75 Å². The van der Waals surface area contributed by atoms with Gasteiger partial charge in [-0.3, -0.25) is 4.79 Å². The summed E-state index contributed by atoms with van der Waals surface area (Å²) in [6.45, 7) is 1.45. The number of ether oxygens (including phenoxy) is 1. The molecule has 0 spiro atoms. The van der Waals surface area contributed by atoms with Crippen molar-refractivity contribution in [2.75, 3.05) is 32.6 Å². The van der Waals surface area contributed by atoms with E-state index in [2.05, 4.69) is 15.2 Å². The number of anilines is 1. The topological polar surface area (TPSA) is 54.5 Å². The number of amides is 1. The molecule has 27 heavy (non-hydrogen) atoms. The number of benzene rings is 2. The first-order chi connectivity index (χ1) is 13.1. The van der Waals surface area contributed by atoms with Crippen LogP contribution in [-0.4, -0.2) is 43.0 Å². The Balaban J connectivity index is 1.66. The highest BCUT2D eigenvalue weighted by atomic mass is 32.1. The molecule has 6 heteroatoms. The van der Waals surface area contributed by atoms with Gasteiger partial charge in [0.1, 0.15) is 12.4 Å². The minimum Gasteiger partial charge on any atom is -0.492 e. The van der Waals surface area contributed by atoms with E-state index >= 15 is 0 Å². The number of para-hydroxylation sites is 1. The number of likely N-dealkylation sites (N-methyl/N-ethyl adjacent to an activating group) is 1. The zero-order chi connectivity index (χ0) is 19.1. The lowest BCUT2D eigenvalue weighted by Crippen LogP contribution is -2.19. The van der Waals surface area contributed by atoms with Crippen molar-refractivity contribution in [3.8, 4) is 17.0 Å². The SMILES string of the molecule is CN(C)CCOc1ccccc1-c1csc(NC(=O)Cc2ccccc2)n1. The molecule has 0 unspecified atom stereocenters. The van der Waals surface area contributed by atoms with Crippen molar-refractivity contribution < 1.29 is 9.53 Å². The lowest BCUT2D eigenvalue weighted by molar-refractivity contribution is -0.115. The molecular weight excluding hydrogens is 358 g/mol. The van der Waals surface area contributed by atoms with E-state index in [4.69, 9.17) is 4.74 Å². The van der Waals surface area contributed by atoms with Crippen molar-refractivity contribution in [1.29, 1.82) is 0 Å². The van der Waals surface area contributed by atoms with Crippen LogP contribution >= 0.6 is 11.3 Å². The third kappa shape index (κ3) is 5.64. The molecule has 0 aliphatic rings. The average molecular weight is 382 g/mol. The minimum atomic E-state index is -0.0716. The highest BCUT2D eigenvalue weighted by molar-refractivity contribution is 7.14. The predicted molar refractivity (Wildman–Crippen MR) is 110 cm³/mol. The van der Waals surface area contributed by atoms with Crippen molar-refractivity contribution in [2.24, 2.45) is 0 Å². The molecule has 140 valence electrons. The van der Waals surface area contributed by atoms with Crippen LogP contribution in [0.25, 0.3) is 11.3 Å². The van der Waals surface area contributed by atoms with Gasteiger partial charge in [-0.2, -0.15) is 0 Å². The largest absolute Gasteiger partial charge is 0.492 e. The molecule has 0 bridgehead atoms. The normalized spacial score (nSPS) is 10.8. The van der Waals surface area contributed by atoms with Crippen LogP contribution in [-0.2, 0) is 11.2 Å². The van der Waals surface area contributed by atoms with Crippen LogP contribution in [0, 0.1) is 0 Å². The number of nitrogens with one attached hydrogen (secondary N) is 1. The van der Waals surface area contributed by atoms with Gasteiger partial charge in [0.25, 0.3) is 0 Å². The minimum absolute atomic E-state index is 0.0716. The van der Waals surface area contributed by atoms with Crippen molar-refractivity contribution in [3.63, 3.8) is 0 Å². The predicted octanol–water partition coefficient (Wildman–Crippen LogP) is 3.93. The summed E-state index contributed by atoms with van der Waals surface area (Å²) in [5, 5.41) is 5.41. The molecule has 0 fully saturated rings. The summed E-state index contributed by atoms with van der Waals surface area (Å²) >= 11 is 1.41. The summed E-state index contributed by atoms with van der Waals surface area (Å²) in [5.74, 6) is 0.726. The van der Waals surface area contributed by atoms with Crippen molar-refractivity contribution in [1.82, 2.24) is 9.88 Å².